The number of imidazole rings is 1. The number of rotatable bonds is 1. The van der Waals surface area contributed by atoms with Crippen LogP contribution < -0.4 is 5.32 Å². The van der Waals surface area contributed by atoms with Gasteiger partial charge in [0.05, 0.1) is 24.9 Å². The second-order valence-corrected chi connectivity index (χ2v) is 3.87. The first kappa shape index (κ1) is 9.62. The normalized spacial score (nSPS) is 21.4. The Labute approximate surface area is 92.7 Å². The van der Waals surface area contributed by atoms with Gasteiger partial charge in [-0.2, -0.15) is 0 Å². The molecule has 0 radical (unpaired) electrons. The van der Waals surface area contributed by atoms with Gasteiger partial charge in [-0.25, -0.2) is 4.98 Å². The molecule has 0 aliphatic carbocycles. The molecule has 0 spiro atoms. The van der Waals surface area contributed by atoms with Gasteiger partial charge in [-0.15, -0.1) is 0 Å². The van der Waals surface area contributed by atoms with Crippen LogP contribution in [0.5, 0.6) is 5.75 Å². The molecule has 1 aliphatic heterocycles. The molecule has 0 saturated carbocycles. The molecule has 1 unspecified atom stereocenters. The molecule has 3 heterocycles. The van der Waals surface area contributed by atoms with Gasteiger partial charge in [0.2, 0.25) is 0 Å². The van der Waals surface area contributed by atoms with Crippen LogP contribution in [-0.2, 0) is 4.74 Å². The molecular formula is C11H13N3O2. The predicted octanol–water partition coefficient (Wildman–Crippen LogP) is 0.701. The highest BCUT2D eigenvalue weighted by atomic mass is 16.5. The first-order chi connectivity index (χ1) is 7.84. The molecule has 5 heteroatoms. The number of aromatic hydroxyl groups is 1. The van der Waals surface area contributed by atoms with Crippen molar-refractivity contribution in [3.63, 3.8) is 0 Å². The van der Waals surface area contributed by atoms with Crippen LogP contribution in [0.25, 0.3) is 5.65 Å². The minimum absolute atomic E-state index is 0.119. The van der Waals surface area contributed by atoms with Crippen molar-refractivity contribution in [2.45, 2.75) is 6.04 Å². The third-order valence-corrected chi connectivity index (χ3v) is 2.76. The summed E-state index contributed by atoms with van der Waals surface area (Å²) < 4.78 is 7.21. The van der Waals surface area contributed by atoms with E-state index in [4.69, 9.17) is 4.74 Å². The van der Waals surface area contributed by atoms with Crippen molar-refractivity contribution in [1.29, 1.82) is 0 Å². The average molecular weight is 219 g/mol. The zero-order valence-corrected chi connectivity index (χ0v) is 8.76. The topological polar surface area (TPSA) is 58.8 Å². The van der Waals surface area contributed by atoms with E-state index in [-0.39, 0.29) is 11.8 Å². The summed E-state index contributed by atoms with van der Waals surface area (Å²) in [6.45, 7) is 2.21. The van der Waals surface area contributed by atoms with E-state index in [1.807, 2.05) is 16.8 Å². The van der Waals surface area contributed by atoms with E-state index in [1.165, 1.54) is 0 Å². The number of fused-ring (bicyclic) bond motifs is 1. The molecule has 2 N–H and O–H groups in total. The Balaban J connectivity index is 2.01. The van der Waals surface area contributed by atoms with Crippen LogP contribution in [0.15, 0.2) is 24.5 Å². The fourth-order valence-corrected chi connectivity index (χ4v) is 1.94. The highest BCUT2D eigenvalue weighted by molar-refractivity contribution is 5.53. The van der Waals surface area contributed by atoms with Gasteiger partial charge < -0.3 is 19.6 Å². The summed E-state index contributed by atoms with van der Waals surface area (Å²) in [5.41, 5.74) is 1.49. The fraction of sp³-hybridized carbons (Fsp3) is 0.364. The minimum Gasteiger partial charge on any atom is -0.504 e. The van der Waals surface area contributed by atoms with E-state index >= 15 is 0 Å². The molecule has 3 rings (SSSR count). The van der Waals surface area contributed by atoms with Gasteiger partial charge in [0, 0.05) is 18.9 Å². The molecule has 1 atom stereocenters. The van der Waals surface area contributed by atoms with Crippen LogP contribution in [0.3, 0.4) is 0 Å². The summed E-state index contributed by atoms with van der Waals surface area (Å²) in [6, 6.07) is 3.54. The SMILES string of the molecule is Oc1cccn2cc(C3COCCN3)nc12. The Morgan fingerprint density at radius 3 is 3.25 bits per heavy atom. The number of nitrogens with one attached hydrogen (secondary N) is 1. The Morgan fingerprint density at radius 2 is 2.50 bits per heavy atom. The summed E-state index contributed by atoms with van der Waals surface area (Å²) in [5, 5.41) is 13.0. The van der Waals surface area contributed by atoms with Crippen molar-refractivity contribution in [2.75, 3.05) is 19.8 Å². The maximum atomic E-state index is 9.65. The van der Waals surface area contributed by atoms with E-state index in [9.17, 15) is 5.11 Å². The van der Waals surface area contributed by atoms with Gasteiger partial charge >= 0.3 is 0 Å². The average Bonchev–Trinajstić information content (AvgIpc) is 2.76. The molecule has 16 heavy (non-hydrogen) atoms. The largest absolute Gasteiger partial charge is 0.504 e. The van der Waals surface area contributed by atoms with Crippen LogP contribution in [-0.4, -0.2) is 34.2 Å². The first-order valence-electron chi connectivity index (χ1n) is 5.32. The second-order valence-electron chi connectivity index (χ2n) is 3.87. The predicted molar refractivity (Wildman–Crippen MR) is 58.4 cm³/mol. The van der Waals surface area contributed by atoms with Crippen molar-refractivity contribution in [2.24, 2.45) is 0 Å². The van der Waals surface area contributed by atoms with Crippen molar-refractivity contribution >= 4 is 5.65 Å². The Kier molecular flexibility index (Phi) is 2.27. The van der Waals surface area contributed by atoms with E-state index in [0.717, 1.165) is 18.8 Å². The molecule has 2 aromatic heterocycles. The van der Waals surface area contributed by atoms with Crippen LogP contribution in [0, 0.1) is 0 Å². The summed E-state index contributed by atoms with van der Waals surface area (Å²) in [5.74, 6) is 0.200. The monoisotopic (exact) mass is 219 g/mol. The molecule has 0 aromatic carbocycles. The van der Waals surface area contributed by atoms with E-state index < -0.39 is 0 Å². The molecule has 1 saturated heterocycles. The zero-order chi connectivity index (χ0) is 11.0. The van der Waals surface area contributed by atoms with E-state index in [1.54, 1.807) is 12.1 Å². The lowest BCUT2D eigenvalue weighted by Crippen LogP contribution is -2.34. The standard InChI is InChI=1S/C11H13N3O2/c15-10-2-1-4-14-6-8(13-11(10)14)9-7-16-5-3-12-9/h1-2,4,6,9,12,15H,3,5,7H2. The number of aromatic nitrogens is 2. The number of ether oxygens (including phenoxy) is 1. The first-order valence-corrected chi connectivity index (χ1v) is 5.32. The molecular weight excluding hydrogens is 206 g/mol. The van der Waals surface area contributed by atoms with Crippen LogP contribution in [0.4, 0.5) is 0 Å². The molecule has 1 aliphatic rings. The lowest BCUT2D eigenvalue weighted by Gasteiger charge is -2.21. The van der Waals surface area contributed by atoms with Gasteiger partial charge in [0.1, 0.15) is 0 Å². The molecule has 2 aromatic rings. The van der Waals surface area contributed by atoms with Crippen molar-refractivity contribution < 1.29 is 9.84 Å². The van der Waals surface area contributed by atoms with Gasteiger partial charge in [0.25, 0.3) is 0 Å². The molecule has 0 amide bonds. The minimum atomic E-state index is 0.119. The quantitative estimate of drug-likeness (QED) is 0.741. The summed E-state index contributed by atoms with van der Waals surface area (Å²) >= 11 is 0. The Bertz CT molecular complexity index is 503. The number of nitrogens with zero attached hydrogens (tertiary/aromatic N) is 2. The number of hydrogen-bond acceptors (Lipinski definition) is 4. The number of pyridine rings is 1. The number of hydrogen-bond donors (Lipinski definition) is 2. The van der Waals surface area contributed by atoms with Gasteiger partial charge in [0.15, 0.2) is 11.4 Å². The summed E-state index contributed by atoms with van der Waals surface area (Å²) in [6.07, 6.45) is 3.79. The fourth-order valence-electron chi connectivity index (χ4n) is 1.94. The Morgan fingerprint density at radius 1 is 1.56 bits per heavy atom. The van der Waals surface area contributed by atoms with Crippen molar-refractivity contribution in [3.05, 3.63) is 30.2 Å². The molecule has 1 fully saturated rings. The van der Waals surface area contributed by atoms with Crippen molar-refractivity contribution in [3.8, 4) is 5.75 Å². The summed E-state index contributed by atoms with van der Waals surface area (Å²) in [7, 11) is 0. The molecule has 5 nitrogen and oxygen atoms in total. The summed E-state index contributed by atoms with van der Waals surface area (Å²) in [4.78, 5) is 4.41. The zero-order valence-electron chi connectivity index (χ0n) is 8.76. The van der Waals surface area contributed by atoms with Gasteiger partial charge in [-0.05, 0) is 12.1 Å². The highest BCUT2D eigenvalue weighted by Crippen LogP contribution is 2.21. The van der Waals surface area contributed by atoms with Crippen LogP contribution in [0.2, 0.25) is 0 Å². The van der Waals surface area contributed by atoms with Crippen LogP contribution >= 0.6 is 0 Å². The molecule has 0 bridgehead atoms. The third kappa shape index (κ3) is 1.54. The third-order valence-electron chi connectivity index (χ3n) is 2.76. The number of morpholine rings is 1. The highest BCUT2D eigenvalue weighted by Gasteiger charge is 2.18. The smallest absolute Gasteiger partial charge is 0.179 e. The maximum absolute atomic E-state index is 9.65. The van der Waals surface area contributed by atoms with E-state index in [0.29, 0.717) is 12.3 Å². The van der Waals surface area contributed by atoms with Crippen molar-refractivity contribution in [1.82, 2.24) is 14.7 Å². The van der Waals surface area contributed by atoms with Crippen LogP contribution in [0.1, 0.15) is 11.7 Å². The van der Waals surface area contributed by atoms with Gasteiger partial charge in [-0.1, -0.05) is 0 Å². The lowest BCUT2D eigenvalue weighted by atomic mass is 10.2. The second kappa shape index (κ2) is 3.77. The van der Waals surface area contributed by atoms with E-state index in [2.05, 4.69) is 10.3 Å². The van der Waals surface area contributed by atoms with Gasteiger partial charge in [-0.3, -0.25) is 0 Å². The lowest BCUT2D eigenvalue weighted by molar-refractivity contribution is 0.0758. The maximum Gasteiger partial charge on any atom is 0.179 e. The Hall–Kier alpha value is -1.59. The molecule has 84 valence electrons.